The van der Waals surface area contributed by atoms with Gasteiger partial charge in [-0.2, -0.15) is 0 Å². The van der Waals surface area contributed by atoms with E-state index in [0.717, 1.165) is 17.3 Å². The summed E-state index contributed by atoms with van der Waals surface area (Å²) in [7, 11) is 0. The Morgan fingerprint density at radius 2 is 1.76 bits per heavy atom. The van der Waals surface area contributed by atoms with Crippen molar-refractivity contribution >= 4 is 29.3 Å². The summed E-state index contributed by atoms with van der Waals surface area (Å²) in [5.74, 6) is -1.56. The second-order valence-electron chi connectivity index (χ2n) is 9.68. The fraction of sp³-hybridized carbons (Fsp3) is 0.500. The van der Waals surface area contributed by atoms with E-state index in [-0.39, 0.29) is 23.1 Å². The molecule has 2 atom stereocenters. The highest BCUT2D eigenvalue weighted by atomic mass is 19.1. The van der Waals surface area contributed by atoms with Crippen LogP contribution in [0.3, 0.4) is 0 Å². The van der Waals surface area contributed by atoms with Gasteiger partial charge in [0, 0.05) is 17.8 Å². The lowest BCUT2D eigenvalue weighted by Crippen LogP contribution is -2.49. The first kappa shape index (κ1) is 26.8. The molecule has 2 aromatic heterocycles. The number of amides is 2. The number of hydrogen-bond donors (Lipinski definition) is 4. The summed E-state index contributed by atoms with van der Waals surface area (Å²) >= 11 is 0. The van der Waals surface area contributed by atoms with Crippen molar-refractivity contribution in [3.63, 3.8) is 0 Å². The number of aromatic nitrogens is 2. The molecule has 0 fully saturated rings. The average Bonchev–Trinajstić information content (AvgIpc) is 2.68. The van der Waals surface area contributed by atoms with Crippen molar-refractivity contribution in [2.45, 2.75) is 73.1 Å². The molecule has 2 heterocycles. The summed E-state index contributed by atoms with van der Waals surface area (Å²) in [5.41, 5.74) is 7.10. The van der Waals surface area contributed by atoms with Crippen molar-refractivity contribution in [3.05, 3.63) is 41.0 Å². The van der Waals surface area contributed by atoms with E-state index < -0.39 is 35.5 Å². The zero-order valence-electron chi connectivity index (χ0n) is 21.0. The van der Waals surface area contributed by atoms with Crippen LogP contribution >= 0.6 is 0 Å². The molecule has 10 heteroatoms. The van der Waals surface area contributed by atoms with Crippen LogP contribution in [0.5, 0.6) is 0 Å². The number of aryl methyl sites for hydroxylation is 2. The molecule has 0 unspecified atom stereocenters. The minimum atomic E-state index is -0.822. The van der Waals surface area contributed by atoms with Crippen LogP contribution in [0.2, 0.25) is 0 Å². The normalized spacial score (nSPS) is 13.2. The number of anilines is 3. The topological polar surface area (TPSA) is 131 Å². The van der Waals surface area contributed by atoms with Crippen LogP contribution in [-0.4, -0.2) is 39.7 Å². The molecule has 2 amide bonds. The van der Waals surface area contributed by atoms with E-state index in [1.54, 1.807) is 33.9 Å². The molecule has 0 spiro atoms. The van der Waals surface area contributed by atoms with Crippen LogP contribution in [0.15, 0.2) is 18.3 Å². The van der Waals surface area contributed by atoms with Crippen molar-refractivity contribution in [1.82, 2.24) is 15.3 Å². The van der Waals surface area contributed by atoms with Gasteiger partial charge in [-0.05, 0) is 65.2 Å². The van der Waals surface area contributed by atoms with Crippen LogP contribution < -0.4 is 21.7 Å². The van der Waals surface area contributed by atoms with Crippen molar-refractivity contribution in [3.8, 4) is 0 Å². The summed E-state index contributed by atoms with van der Waals surface area (Å²) in [6.07, 6.45) is 1.02. The number of carbonyl (C=O) groups excluding carboxylic acids is 2. The third-order valence-corrected chi connectivity index (χ3v) is 5.15. The zero-order valence-corrected chi connectivity index (χ0v) is 21.0. The summed E-state index contributed by atoms with van der Waals surface area (Å²) in [5, 5.41) is 8.85. The molecule has 5 N–H and O–H groups in total. The number of primary amides is 1. The lowest BCUT2D eigenvalue weighted by molar-refractivity contribution is 0.0499. The molecular weight excluding hydrogens is 439 g/mol. The predicted octanol–water partition coefficient (Wildman–Crippen LogP) is 4.42. The first-order valence-corrected chi connectivity index (χ1v) is 11.1. The molecule has 186 valence electrons. The number of nitrogens with one attached hydrogen (secondary N) is 3. The molecule has 34 heavy (non-hydrogen) atoms. The van der Waals surface area contributed by atoms with Crippen molar-refractivity contribution in [2.24, 2.45) is 11.7 Å². The standard InChI is InChI=1S/C24H35FN6O3/c1-12(2)19(15(5)28-23(33)34-24(6,7)8)30-22-18(25)10-17(20(26)32)21(31-22)29-16-9-13(3)14(4)27-11-16/h9-12,15,19H,1-8H3,(H2,26,32)(H,28,33)(H2,29,30,31)/t15-,19+/m0/s1. The summed E-state index contributed by atoms with van der Waals surface area (Å²) in [4.78, 5) is 32.8. The third kappa shape index (κ3) is 7.29. The van der Waals surface area contributed by atoms with Crippen LogP contribution in [0.4, 0.5) is 26.5 Å². The Balaban J connectivity index is 2.34. The van der Waals surface area contributed by atoms with Gasteiger partial charge in [0.1, 0.15) is 11.4 Å². The van der Waals surface area contributed by atoms with Gasteiger partial charge in [0.05, 0.1) is 17.4 Å². The quantitative estimate of drug-likeness (QED) is 0.445. The molecule has 0 aromatic carbocycles. The molecule has 9 nitrogen and oxygen atoms in total. The Morgan fingerprint density at radius 3 is 2.29 bits per heavy atom. The van der Waals surface area contributed by atoms with Gasteiger partial charge in [-0.25, -0.2) is 14.2 Å². The van der Waals surface area contributed by atoms with Crippen molar-refractivity contribution in [1.29, 1.82) is 0 Å². The number of ether oxygens (including phenoxy) is 1. The van der Waals surface area contributed by atoms with Crippen molar-refractivity contribution in [2.75, 3.05) is 10.6 Å². The Hall–Kier alpha value is -3.43. The highest BCUT2D eigenvalue weighted by molar-refractivity contribution is 5.98. The van der Waals surface area contributed by atoms with E-state index >= 15 is 0 Å². The lowest BCUT2D eigenvalue weighted by atomic mass is 9.97. The number of alkyl carbamates (subject to hydrolysis) is 1. The van der Waals surface area contributed by atoms with Gasteiger partial charge < -0.3 is 26.4 Å². The molecule has 2 rings (SSSR count). The van der Waals surface area contributed by atoms with Gasteiger partial charge in [-0.15, -0.1) is 0 Å². The molecule has 0 saturated heterocycles. The largest absolute Gasteiger partial charge is 0.444 e. The number of rotatable bonds is 8. The fourth-order valence-electron chi connectivity index (χ4n) is 3.33. The smallest absolute Gasteiger partial charge is 0.407 e. The Labute approximate surface area is 200 Å². The van der Waals surface area contributed by atoms with Gasteiger partial charge >= 0.3 is 6.09 Å². The molecule has 0 aliphatic heterocycles. The maximum absolute atomic E-state index is 14.9. The van der Waals surface area contributed by atoms with Gasteiger partial charge in [-0.1, -0.05) is 13.8 Å². The molecule has 0 bridgehead atoms. The van der Waals surface area contributed by atoms with E-state index in [2.05, 4.69) is 25.9 Å². The van der Waals surface area contributed by atoms with Crippen LogP contribution in [0.25, 0.3) is 0 Å². The van der Waals surface area contributed by atoms with E-state index in [4.69, 9.17) is 10.5 Å². The van der Waals surface area contributed by atoms with E-state index in [9.17, 15) is 14.0 Å². The molecule has 0 aliphatic carbocycles. The number of carbonyl (C=O) groups is 2. The Kier molecular flexibility index (Phi) is 8.41. The van der Waals surface area contributed by atoms with Crippen LogP contribution in [0, 0.1) is 25.6 Å². The van der Waals surface area contributed by atoms with Crippen molar-refractivity contribution < 1.29 is 18.7 Å². The maximum atomic E-state index is 14.9. The Bertz CT molecular complexity index is 1050. The summed E-state index contributed by atoms with van der Waals surface area (Å²) in [6, 6.07) is 2.06. The maximum Gasteiger partial charge on any atom is 0.407 e. The Morgan fingerprint density at radius 1 is 1.12 bits per heavy atom. The molecule has 0 radical (unpaired) electrons. The van der Waals surface area contributed by atoms with E-state index in [1.807, 2.05) is 33.8 Å². The SMILES string of the molecule is Cc1cc(Nc2nc(N[C@H](C(C)C)[C@H](C)NC(=O)OC(C)(C)C)c(F)cc2C(N)=O)cnc1C. The predicted molar refractivity (Wildman–Crippen MR) is 131 cm³/mol. The highest BCUT2D eigenvalue weighted by Gasteiger charge is 2.27. The first-order valence-electron chi connectivity index (χ1n) is 11.1. The number of halogens is 1. The minimum absolute atomic E-state index is 0.0117. The van der Waals surface area contributed by atoms with Gasteiger partial charge in [-0.3, -0.25) is 9.78 Å². The van der Waals surface area contributed by atoms with E-state index in [0.29, 0.717) is 5.69 Å². The molecule has 2 aromatic rings. The minimum Gasteiger partial charge on any atom is -0.444 e. The number of hydrogen-bond acceptors (Lipinski definition) is 7. The second kappa shape index (κ2) is 10.7. The fourth-order valence-corrected chi connectivity index (χ4v) is 3.33. The summed E-state index contributed by atoms with van der Waals surface area (Å²) in [6.45, 7) is 14.8. The monoisotopic (exact) mass is 474 g/mol. The van der Waals surface area contributed by atoms with Crippen LogP contribution in [-0.2, 0) is 4.74 Å². The number of pyridine rings is 2. The highest BCUT2D eigenvalue weighted by Crippen LogP contribution is 2.26. The van der Waals surface area contributed by atoms with Crippen LogP contribution in [0.1, 0.15) is 63.2 Å². The zero-order chi connectivity index (χ0) is 25.8. The van der Waals surface area contributed by atoms with Gasteiger partial charge in [0.15, 0.2) is 11.6 Å². The molecular formula is C24H35FN6O3. The van der Waals surface area contributed by atoms with Gasteiger partial charge in [0.25, 0.3) is 5.91 Å². The van der Waals surface area contributed by atoms with Gasteiger partial charge in [0.2, 0.25) is 0 Å². The number of nitrogens with zero attached hydrogens (tertiary/aromatic N) is 2. The molecule has 0 aliphatic rings. The van der Waals surface area contributed by atoms with E-state index in [1.165, 1.54) is 0 Å². The summed E-state index contributed by atoms with van der Waals surface area (Å²) < 4.78 is 20.3. The average molecular weight is 475 g/mol. The first-order chi connectivity index (χ1) is 15.7. The third-order valence-electron chi connectivity index (χ3n) is 5.15. The lowest BCUT2D eigenvalue weighted by Gasteiger charge is -2.31. The number of nitrogens with two attached hydrogens (primary N) is 1. The second-order valence-corrected chi connectivity index (χ2v) is 9.68. The molecule has 0 saturated carbocycles.